The van der Waals surface area contributed by atoms with Gasteiger partial charge >= 0.3 is 0 Å². The van der Waals surface area contributed by atoms with Gasteiger partial charge in [-0.15, -0.1) is 0 Å². The van der Waals surface area contributed by atoms with Gasteiger partial charge in [0.2, 0.25) is 0 Å². The van der Waals surface area contributed by atoms with E-state index in [1.165, 1.54) is 0 Å². The van der Waals surface area contributed by atoms with Gasteiger partial charge in [-0.1, -0.05) is 0 Å². The Morgan fingerprint density at radius 3 is 1.67 bits per heavy atom. The summed E-state index contributed by atoms with van der Waals surface area (Å²) in [6.45, 7) is 5.99. The number of hydrogen-bond donors (Lipinski definition) is 2. The standard InChI is InChI=1S/C17H30N2O5/c1-20-8-9-22-12-13-24-15-14-23-11-10-21-7-6-19-17-4-2-16(18)3-5-17/h2-5,19H,6-15,18H2,1H3. The second kappa shape index (κ2) is 15.2. The van der Waals surface area contributed by atoms with Crippen molar-refractivity contribution < 1.29 is 23.7 Å². The van der Waals surface area contributed by atoms with Crippen molar-refractivity contribution >= 4 is 11.4 Å². The number of ether oxygens (including phenoxy) is 5. The van der Waals surface area contributed by atoms with Crippen LogP contribution in [0.3, 0.4) is 0 Å². The number of nitrogens with one attached hydrogen (secondary N) is 1. The maximum Gasteiger partial charge on any atom is 0.0701 e. The fraction of sp³-hybridized carbons (Fsp3) is 0.647. The second-order valence-electron chi connectivity index (χ2n) is 4.99. The lowest BCUT2D eigenvalue weighted by molar-refractivity contribution is -0.00700. The summed E-state index contributed by atoms with van der Waals surface area (Å²) in [4.78, 5) is 0. The average molecular weight is 342 g/mol. The Hall–Kier alpha value is -1.38. The van der Waals surface area contributed by atoms with Crippen LogP contribution in [0.5, 0.6) is 0 Å². The van der Waals surface area contributed by atoms with Gasteiger partial charge in [0.05, 0.1) is 59.5 Å². The Morgan fingerprint density at radius 1 is 0.708 bits per heavy atom. The van der Waals surface area contributed by atoms with Crippen molar-refractivity contribution in [1.29, 1.82) is 0 Å². The van der Waals surface area contributed by atoms with E-state index in [0.717, 1.165) is 17.9 Å². The minimum absolute atomic E-state index is 0.561. The highest BCUT2D eigenvalue weighted by molar-refractivity contribution is 5.51. The molecule has 0 bridgehead atoms. The molecule has 24 heavy (non-hydrogen) atoms. The lowest BCUT2D eigenvalue weighted by atomic mass is 10.3. The van der Waals surface area contributed by atoms with Gasteiger partial charge in [-0.2, -0.15) is 0 Å². The van der Waals surface area contributed by atoms with Gasteiger partial charge < -0.3 is 34.7 Å². The van der Waals surface area contributed by atoms with E-state index >= 15 is 0 Å². The van der Waals surface area contributed by atoms with Gasteiger partial charge in [-0.05, 0) is 24.3 Å². The van der Waals surface area contributed by atoms with Crippen molar-refractivity contribution in [2.24, 2.45) is 0 Å². The molecule has 0 heterocycles. The van der Waals surface area contributed by atoms with Crippen molar-refractivity contribution in [3.8, 4) is 0 Å². The summed E-state index contributed by atoms with van der Waals surface area (Å²) in [6, 6.07) is 7.62. The highest BCUT2D eigenvalue weighted by Crippen LogP contribution is 2.09. The molecule has 0 fully saturated rings. The van der Waals surface area contributed by atoms with Crippen LogP contribution in [0.15, 0.2) is 24.3 Å². The molecule has 0 unspecified atom stereocenters. The van der Waals surface area contributed by atoms with Crippen LogP contribution in [0, 0.1) is 0 Å². The van der Waals surface area contributed by atoms with Crippen LogP contribution < -0.4 is 11.1 Å². The molecular formula is C17H30N2O5. The normalized spacial score (nSPS) is 10.9. The quantitative estimate of drug-likeness (QED) is 0.347. The fourth-order valence-electron chi connectivity index (χ4n) is 1.77. The molecule has 3 N–H and O–H groups in total. The molecule has 0 aliphatic rings. The molecule has 0 aliphatic heterocycles. The van der Waals surface area contributed by atoms with Gasteiger partial charge in [0.1, 0.15) is 0 Å². The number of anilines is 2. The summed E-state index contributed by atoms with van der Waals surface area (Å²) >= 11 is 0. The molecule has 0 saturated heterocycles. The topological polar surface area (TPSA) is 84.2 Å². The Balaban J connectivity index is 1.75. The summed E-state index contributed by atoms with van der Waals surface area (Å²) in [5.74, 6) is 0. The third-order valence-corrected chi connectivity index (χ3v) is 3.03. The Bertz CT molecular complexity index is 389. The van der Waals surface area contributed by atoms with E-state index in [1.807, 2.05) is 24.3 Å². The zero-order valence-electron chi connectivity index (χ0n) is 14.5. The van der Waals surface area contributed by atoms with Crippen LogP contribution in [0.2, 0.25) is 0 Å². The number of hydrogen-bond acceptors (Lipinski definition) is 7. The number of methoxy groups -OCH3 is 1. The lowest BCUT2D eigenvalue weighted by Gasteiger charge is -2.08. The van der Waals surface area contributed by atoms with E-state index in [1.54, 1.807) is 7.11 Å². The Morgan fingerprint density at radius 2 is 1.17 bits per heavy atom. The van der Waals surface area contributed by atoms with Crippen LogP contribution in [0.4, 0.5) is 11.4 Å². The largest absolute Gasteiger partial charge is 0.399 e. The summed E-state index contributed by atoms with van der Waals surface area (Å²) in [7, 11) is 1.65. The van der Waals surface area contributed by atoms with Crippen molar-refractivity contribution in [3.63, 3.8) is 0 Å². The van der Waals surface area contributed by atoms with E-state index in [0.29, 0.717) is 59.5 Å². The molecule has 0 saturated carbocycles. The third kappa shape index (κ3) is 12.1. The summed E-state index contributed by atoms with van der Waals surface area (Å²) in [6.07, 6.45) is 0. The Labute approximate surface area is 144 Å². The van der Waals surface area contributed by atoms with Gasteiger partial charge in [0.15, 0.2) is 0 Å². The molecule has 1 aromatic rings. The number of nitrogen functional groups attached to an aromatic ring is 1. The monoisotopic (exact) mass is 342 g/mol. The zero-order valence-corrected chi connectivity index (χ0v) is 14.5. The average Bonchev–Trinajstić information content (AvgIpc) is 2.60. The second-order valence-corrected chi connectivity index (χ2v) is 4.99. The molecule has 138 valence electrons. The van der Waals surface area contributed by atoms with E-state index in [2.05, 4.69) is 5.32 Å². The minimum Gasteiger partial charge on any atom is -0.399 e. The maximum atomic E-state index is 5.63. The van der Waals surface area contributed by atoms with E-state index in [9.17, 15) is 0 Å². The van der Waals surface area contributed by atoms with Crippen LogP contribution in [-0.4, -0.2) is 73.1 Å². The zero-order chi connectivity index (χ0) is 17.3. The maximum absolute atomic E-state index is 5.63. The molecule has 0 atom stereocenters. The van der Waals surface area contributed by atoms with Crippen molar-refractivity contribution in [2.45, 2.75) is 0 Å². The molecular weight excluding hydrogens is 312 g/mol. The molecule has 1 aromatic carbocycles. The van der Waals surface area contributed by atoms with Gasteiger partial charge in [0, 0.05) is 25.0 Å². The molecule has 0 aliphatic carbocycles. The molecule has 7 nitrogen and oxygen atoms in total. The van der Waals surface area contributed by atoms with Crippen molar-refractivity contribution in [1.82, 2.24) is 0 Å². The Kier molecular flexibility index (Phi) is 13.1. The third-order valence-electron chi connectivity index (χ3n) is 3.03. The number of nitrogens with two attached hydrogens (primary N) is 1. The smallest absolute Gasteiger partial charge is 0.0701 e. The van der Waals surface area contributed by atoms with Crippen molar-refractivity contribution in [2.75, 3.05) is 84.2 Å². The van der Waals surface area contributed by atoms with Crippen LogP contribution in [-0.2, 0) is 23.7 Å². The fourth-order valence-corrected chi connectivity index (χ4v) is 1.77. The molecule has 0 spiro atoms. The highest BCUT2D eigenvalue weighted by atomic mass is 16.6. The SMILES string of the molecule is COCCOCCOCCOCCOCCNc1ccc(N)cc1. The summed E-state index contributed by atoms with van der Waals surface area (Å²) in [5, 5.41) is 3.25. The van der Waals surface area contributed by atoms with Crippen molar-refractivity contribution in [3.05, 3.63) is 24.3 Å². The number of rotatable bonds is 16. The minimum atomic E-state index is 0.561. The first-order valence-electron chi connectivity index (χ1n) is 8.22. The van der Waals surface area contributed by atoms with E-state index in [4.69, 9.17) is 29.4 Å². The predicted octanol–water partition coefficient (Wildman–Crippen LogP) is 1.39. The molecule has 1 rings (SSSR count). The molecule has 0 amide bonds. The van der Waals surface area contributed by atoms with Crippen LogP contribution >= 0.6 is 0 Å². The van der Waals surface area contributed by atoms with E-state index < -0.39 is 0 Å². The molecule has 7 heteroatoms. The summed E-state index contributed by atoms with van der Waals surface area (Å²) < 4.78 is 26.4. The number of benzene rings is 1. The van der Waals surface area contributed by atoms with Gasteiger partial charge in [0.25, 0.3) is 0 Å². The highest BCUT2D eigenvalue weighted by Gasteiger charge is 1.94. The van der Waals surface area contributed by atoms with Crippen LogP contribution in [0.1, 0.15) is 0 Å². The first-order chi connectivity index (χ1) is 11.8. The summed E-state index contributed by atoms with van der Waals surface area (Å²) in [5.41, 5.74) is 7.42. The predicted molar refractivity (Wildman–Crippen MR) is 94.5 cm³/mol. The molecule has 0 radical (unpaired) electrons. The van der Waals surface area contributed by atoms with Gasteiger partial charge in [-0.3, -0.25) is 0 Å². The molecule has 0 aromatic heterocycles. The van der Waals surface area contributed by atoms with Crippen LogP contribution in [0.25, 0.3) is 0 Å². The van der Waals surface area contributed by atoms with E-state index in [-0.39, 0.29) is 0 Å². The van der Waals surface area contributed by atoms with Gasteiger partial charge in [-0.25, -0.2) is 0 Å². The first kappa shape index (κ1) is 20.7. The first-order valence-corrected chi connectivity index (χ1v) is 8.22. The lowest BCUT2D eigenvalue weighted by Crippen LogP contribution is -2.14.